The van der Waals surface area contributed by atoms with Crippen LogP contribution in [0.25, 0.3) is 0 Å². The standard InChI is InChI=1S/C13H20N2O3/c1-14(8-3-2-4-9-16)11-12-6-5-7-13(10-12)15(17)18/h5-7,10,16H,2-4,8-9,11H2,1H3. The Bertz CT molecular complexity index is 382. The molecule has 18 heavy (non-hydrogen) atoms. The van der Waals surface area contributed by atoms with Gasteiger partial charge in [0.1, 0.15) is 0 Å². The highest BCUT2D eigenvalue weighted by Gasteiger charge is 2.07. The molecule has 5 heteroatoms. The quantitative estimate of drug-likeness (QED) is 0.437. The van der Waals surface area contributed by atoms with E-state index in [2.05, 4.69) is 4.90 Å². The number of hydrogen-bond donors (Lipinski definition) is 1. The van der Waals surface area contributed by atoms with Gasteiger partial charge in [-0.1, -0.05) is 12.1 Å². The van der Waals surface area contributed by atoms with E-state index < -0.39 is 0 Å². The van der Waals surface area contributed by atoms with Gasteiger partial charge in [0.2, 0.25) is 0 Å². The molecule has 5 nitrogen and oxygen atoms in total. The van der Waals surface area contributed by atoms with Crippen LogP contribution in [0.3, 0.4) is 0 Å². The van der Waals surface area contributed by atoms with Crippen LogP contribution in [0.1, 0.15) is 24.8 Å². The number of rotatable bonds is 8. The van der Waals surface area contributed by atoms with Crippen molar-refractivity contribution in [3.05, 3.63) is 39.9 Å². The lowest BCUT2D eigenvalue weighted by Gasteiger charge is -2.16. The van der Waals surface area contributed by atoms with E-state index in [9.17, 15) is 10.1 Å². The molecule has 100 valence electrons. The number of benzene rings is 1. The van der Waals surface area contributed by atoms with Crippen molar-refractivity contribution in [3.8, 4) is 0 Å². The summed E-state index contributed by atoms with van der Waals surface area (Å²) in [5, 5.41) is 19.3. The van der Waals surface area contributed by atoms with Crippen LogP contribution in [0, 0.1) is 10.1 Å². The van der Waals surface area contributed by atoms with E-state index in [-0.39, 0.29) is 17.2 Å². The van der Waals surface area contributed by atoms with Gasteiger partial charge in [-0.15, -0.1) is 0 Å². The lowest BCUT2D eigenvalue weighted by atomic mass is 10.2. The average Bonchev–Trinajstić information content (AvgIpc) is 2.35. The number of nitrogens with zero attached hydrogens (tertiary/aromatic N) is 2. The zero-order valence-corrected chi connectivity index (χ0v) is 10.7. The lowest BCUT2D eigenvalue weighted by Crippen LogP contribution is -2.19. The van der Waals surface area contributed by atoms with Crippen molar-refractivity contribution in [3.63, 3.8) is 0 Å². The fourth-order valence-electron chi connectivity index (χ4n) is 1.83. The van der Waals surface area contributed by atoms with Crippen molar-refractivity contribution in [2.75, 3.05) is 20.2 Å². The molecule has 0 aliphatic carbocycles. The van der Waals surface area contributed by atoms with Gasteiger partial charge in [0.05, 0.1) is 4.92 Å². The number of unbranched alkanes of at least 4 members (excludes halogenated alkanes) is 2. The first-order chi connectivity index (χ1) is 8.63. The highest BCUT2D eigenvalue weighted by atomic mass is 16.6. The summed E-state index contributed by atoms with van der Waals surface area (Å²) >= 11 is 0. The van der Waals surface area contributed by atoms with E-state index in [1.54, 1.807) is 12.1 Å². The Kier molecular flexibility index (Phi) is 6.32. The fourth-order valence-corrected chi connectivity index (χ4v) is 1.83. The normalized spacial score (nSPS) is 10.8. The largest absolute Gasteiger partial charge is 0.396 e. The number of nitro groups is 1. The van der Waals surface area contributed by atoms with Crippen LogP contribution < -0.4 is 0 Å². The van der Waals surface area contributed by atoms with Gasteiger partial charge in [0, 0.05) is 25.3 Å². The third kappa shape index (κ3) is 5.25. The van der Waals surface area contributed by atoms with Crippen molar-refractivity contribution in [2.45, 2.75) is 25.8 Å². The molecule has 1 N–H and O–H groups in total. The monoisotopic (exact) mass is 252 g/mol. The molecule has 1 aromatic rings. The molecular formula is C13H20N2O3. The molecule has 0 aliphatic heterocycles. The molecule has 0 saturated carbocycles. The molecule has 0 heterocycles. The number of non-ortho nitro benzene ring substituents is 1. The molecule has 0 atom stereocenters. The molecule has 0 bridgehead atoms. The molecule has 0 amide bonds. The van der Waals surface area contributed by atoms with Gasteiger partial charge in [-0.25, -0.2) is 0 Å². The van der Waals surface area contributed by atoms with Gasteiger partial charge in [0.15, 0.2) is 0 Å². The molecule has 0 aliphatic rings. The average molecular weight is 252 g/mol. The van der Waals surface area contributed by atoms with Crippen LogP contribution in [0.5, 0.6) is 0 Å². The van der Waals surface area contributed by atoms with Crippen molar-refractivity contribution >= 4 is 5.69 Å². The second-order valence-corrected chi connectivity index (χ2v) is 4.45. The summed E-state index contributed by atoms with van der Waals surface area (Å²) in [6.45, 7) is 1.89. The zero-order chi connectivity index (χ0) is 13.4. The van der Waals surface area contributed by atoms with Crippen LogP contribution in [-0.4, -0.2) is 35.1 Å². The topological polar surface area (TPSA) is 66.6 Å². The summed E-state index contributed by atoms with van der Waals surface area (Å²) in [7, 11) is 2.00. The van der Waals surface area contributed by atoms with E-state index in [1.807, 2.05) is 13.1 Å². The zero-order valence-electron chi connectivity index (χ0n) is 10.7. The van der Waals surface area contributed by atoms with Gasteiger partial charge in [-0.3, -0.25) is 10.1 Å². The third-order valence-electron chi connectivity index (χ3n) is 2.77. The van der Waals surface area contributed by atoms with Crippen LogP contribution in [0.4, 0.5) is 5.69 Å². The maximum absolute atomic E-state index is 10.7. The maximum Gasteiger partial charge on any atom is 0.269 e. The summed E-state index contributed by atoms with van der Waals surface area (Å²) < 4.78 is 0. The van der Waals surface area contributed by atoms with Gasteiger partial charge in [0.25, 0.3) is 5.69 Å². The summed E-state index contributed by atoms with van der Waals surface area (Å²) in [6.07, 6.45) is 2.88. The van der Waals surface area contributed by atoms with Crippen LogP contribution >= 0.6 is 0 Å². The molecule has 1 rings (SSSR count). The SMILES string of the molecule is CN(CCCCCO)Cc1cccc([N+](=O)[O-])c1. The van der Waals surface area contributed by atoms with Crippen molar-refractivity contribution in [1.29, 1.82) is 0 Å². The smallest absolute Gasteiger partial charge is 0.269 e. The van der Waals surface area contributed by atoms with E-state index in [1.165, 1.54) is 6.07 Å². The highest BCUT2D eigenvalue weighted by molar-refractivity contribution is 5.34. The number of aliphatic hydroxyl groups is 1. The Morgan fingerprint density at radius 3 is 2.78 bits per heavy atom. The third-order valence-corrected chi connectivity index (χ3v) is 2.77. The summed E-state index contributed by atoms with van der Waals surface area (Å²) in [4.78, 5) is 12.4. The molecule has 0 spiro atoms. The number of nitro benzene ring substituents is 1. The molecular weight excluding hydrogens is 232 g/mol. The Balaban J connectivity index is 2.41. The molecule has 0 fully saturated rings. The molecule has 0 saturated heterocycles. The van der Waals surface area contributed by atoms with Gasteiger partial charge in [-0.05, 0) is 38.4 Å². The van der Waals surface area contributed by atoms with Crippen molar-refractivity contribution < 1.29 is 10.0 Å². The second kappa shape index (κ2) is 7.79. The maximum atomic E-state index is 10.7. The Morgan fingerprint density at radius 2 is 2.11 bits per heavy atom. The molecule has 0 aromatic heterocycles. The lowest BCUT2D eigenvalue weighted by molar-refractivity contribution is -0.384. The van der Waals surface area contributed by atoms with Crippen molar-refractivity contribution in [2.24, 2.45) is 0 Å². The highest BCUT2D eigenvalue weighted by Crippen LogP contribution is 2.14. The molecule has 1 aromatic carbocycles. The van der Waals surface area contributed by atoms with E-state index >= 15 is 0 Å². The molecule has 0 radical (unpaired) electrons. The van der Waals surface area contributed by atoms with Crippen LogP contribution in [-0.2, 0) is 6.54 Å². The van der Waals surface area contributed by atoms with Crippen LogP contribution in [0.2, 0.25) is 0 Å². The first kappa shape index (κ1) is 14.6. The first-order valence-corrected chi connectivity index (χ1v) is 6.16. The number of hydrogen-bond acceptors (Lipinski definition) is 4. The molecule has 0 unspecified atom stereocenters. The minimum atomic E-state index is -0.370. The fraction of sp³-hybridized carbons (Fsp3) is 0.538. The predicted octanol–water partition coefficient (Wildman–Crippen LogP) is 2.19. The number of aliphatic hydroxyl groups excluding tert-OH is 1. The van der Waals surface area contributed by atoms with E-state index in [4.69, 9.17) is 5.11 Å². The minimum absolute atomic E-state index is 0.140. The summed E-state index contributed by atoms with van der Waals surface area (Å²) in [5.41, 5.74) is 1.09. The van der Waals surface area contributed by atoms with Gasteiger partial charge < -0.3 is 10.0 Å². The summed E-state index contributed by atoms with van der Waals surface area (Å²) in [5.74, 6) is 0. The summed E-state index contributed by atoms with van der Waals surface area (Å²) in [6, 6.07) is 6.74. The van der Waals surface area contributed by atoms with Gasteiger partial charge in [-0.2, -0.15) is 0 Å². The van der Waals surface area contributed by atoms with E-state index in [0.717, 1.165) is 31.4 Å². The Hall–Kier alpha value is -1.46. The van der Waals surface area contributed by atoms with E-state index in [0.29, 0.717) is 6.54 Å². The van der Waals surface area contributed by atoms with Gasteiger partial charge >= 0.3 is 0 Å². The van der Waals surface area contributed by atoms with Crippen molar-refractivity contribution in [1.82, 2.24) is 4.90 Å². The predicted molar refractivity (Wildman–Crippen MR) is 70.4 cm³/mol. The Labute approximate surface area is 107 Å². The van der Waals surface area contributed by atoms with Crippen LogP contribution in [0.15, 0.2) is 24.3 Å². The first-order valence-electron chi connectivity index (χ1n) is 6.16. The Morgan fingerprint density at radius 1 is 1.33 bits per heavy atom. The minimum Gasteiger partial charge on any atom is -0.396 e. The second-order valence-electron chi connectivity index (χ2n) is 4.45.